The Kier molecular flexibility index (Phi) is 7.76. The number of anilines is 2. The van der Waals surface area contributed by atoms with Crippen molar-refractivity contribution < 1.29 is 13.2 Å². The number of benzene rings is 2. The summed E-state index contributed by atoms with van der Waals surface area (Å²) in [6, 6.07) is 13.0. The Labute approximate surface area is 208 Å². The maximum absolute atomic E-state index is 12.9. The number of aromatic nitrogens is 2. The fourth-order valence-electron chi connectivity index (χ4n) is 4.75. The van der Waals surface area contributed by atoms with Crippen molar-refractivity contribution in [2.45, 2.75) is 50.8 Å². The van der Waals surface area contributed by atoms with Crippen LogP contribution in [-0.4, -0.2) is 54.4 Å². The zero-order chi connectivity index (χ0) is 25.0. The molecule has 9 heteroatoms. The molecule has 1 saturated heterocycles. The molecule has 0 bridgehead atoms. The molecule has 1 aliphatic heterocycles. The molecule has 35 heavy (non-hydrogen) atoms. The summed E-state index contributed by atoms with van der Waals surface area (Å²) in [5, 5.41) is 3.08. The van der Waals surface area contributed by atoms with Gasteiger partial charge in [0.15, 0.2) is 0 Å². The van der Waals surface area contributed by atoms with Gasteiger partial charge in [0.05, 0.1) is 27.3 Å². The van der Waals surface area contributed by atoms with E-state index in [0.29, 0.717) is 25.0 Å². The molecule has 0 unspecified atom stereocenters. The van der Waals surface area contributed by atoms with E-state index in [4.69, 9.17) is 0 Å². The van der Waals surface area contributed by atoms with Gasteiger partial charge in [-0.2, -0.15) is 4.31 Å². The van der Waals surface area contributed by atoms with E-state index >= 15 is 0 Å². The monoisotopic (exact) mass is 497 g/mol. The molecule has 1 aliphatic rings. The van der Waals surface area contributed by atoms with Gasteiger partial charge in [0.2, 0.25) is 15.9 Å². The summed E-state index contributed by atoms with van der Waals surface area (Å²) in [4.78, 5) is 20.1. The summed E-state index contributed by atoms with van der Waals surface area (Å²) in [7, 11) is -1.66. The number of hydrogen-bond donors (Lipinski definition) is 1. The number of rotatable bonds is 9. The van der Waals surface area contributed by atoms with Gasteiger partial charge in [0.1, 0.15) is 5.82 Å². The predicted molar refractivity (Wildman–Crippen MR) is 140 cm³/mol. The normalized spacial score (nSPS) is 14.6. The highest BCUT2D eigenvalue weighted by molar-refractivity contribution is 7.89. The molecule has 2 heterocycles. The molecular weight excluding hydrogens is 462 g/mol. The van der Waals surface area contributed by atoms with E-state index in [1.807, 2.05) is 43.7 Å². The minimum absolute atomic E-state index is 0.0636. The number of amides is 1. The topological polar surface area (TPSA) is 87.5 Å². The molecule has 188 valence electrons. The first kappa shape index (κ1) is 25.2. The maximum Gasteiger partial charge on any atom is 0.243 e. The largest absolute Gasteiger partial charge is 0.370 e. The van der Waals surface area contributed by atoms with E-state index in [1.54, 1.807) is 18.2 Å². The van der Waals surface area contributed by atoms with Crippen LogP contribution in [0, 0.1) is 0 Å². The van der Waals surface area contributed by atoms with Crippen molar-refractivity contribution in [3.8, 4) is 0 Å². The summed E-state index contributed by atoms with van der Waals surface area (Å²) >= 11 is 0. The van der Waals surface area contributed by atoms with Crippen molar-refractivity contribution in [1.29, 1.82) is 0 Å². The highest BCUT2D eigenvalue weighted by atomic mass is 32.2. The molecule has 1 fully saturated rings. The van der Waals surface area contributed by atoms with Gasteiger partial charge < -0.3 is 14.8 Å². The van der Waals surface area contributed by atoms with E-state index in [9.17, 15) is 13.2 Å². The lowest BCUT2D eigenvalue weighted by Gasteiger charge is -2.30. The van der Waals surface area contributed by atoms with Gasteiger partial charge in [-0.3, -0.25) is 4.79 Å². The number of nitrogens with one attached hydrogen (secondary N) is 1. The molecular formula is C26H35N5O3S. The number of carbonyl (C=O) groups excluding carboxylic acids is 1. The molecule has 0 atom stereocenters. The quantitative estimate of drug-likeness (QED) is 0.480. The average Bonchev–Trinajstić information content (AvgIpc) is 3.19. The molecule has 0 spiro atoms. The summed E-state index contributed by atoms with van der Waals surface area (Å²) in [6.07, 6.45) is 4.35. The number of hydrogen-bond acceptors (Lipinski definition) is 5. The average molecular weight is 498 g/mol. The van der Waals surface area contributed by atoms with Crippen LogP contribution in [0.4, 0.5) is 11.4 Å². The standard InChI is InChI=1S/C26H35N5O3S/c1-4-31(5-2)35(33,34)20-13-14-23-22(19-20)27-25(29(23)3)15-16-26(32)28-21-11-7-8-12-24(21)30-17-9-6-10-18-30/h7-8,11-14,19H,4-6,9-10,15-18H2,1-3H3,(H,28,32). The Balaban J connectivity index is 1.47. The van der Waals surface area contributed by atoms with Gasteiger partial charge in [0.25, 0.3) is 0 Å². The molecule has 3 aromatic rings. The van der Waals surface area contributed by atoms with E-state index in [1.165, 1.54) is 23.6 Å². The van der Waals surface area contributed by atoms with Crippen LogP contribution in [0.25, 0.3) is 11.0 Å². The first-order valence-corrected chi connectivity index (χ1v) is 13.9. The van der Waals surface area contributed by atoms with E-state index in [2.05, 4.69) is 21.3 Å². The Hall–Kier alpha value is -2.91. The van der Waals surface area contributed by atoms with Crippen LogP contribution in [0.1, 0.15) is 45.4 Å². The molecule has 0 saturated carbocycles. The van der Waals surface area contributed by atoms with Crippen molar-refractivity contribution in [2.24, 2.45) is 7.05 Å². The summed E-state index contributed by atoms with van der Waals surface area (Å²) in [6.45, 7) is 6.51. The van der Waals surface area contributed by atoms with Crippen molar-refractivity contribution in [3.05, 3.63) is 48.3 Å². The fraction of sp³-hybridized carbons (Fsp3) is 0.462. The number of imidazole rings is 1. The van der Waals surface area contributed by atoms with Gasteiger partial charge in [-0.1, -0.05) is 26.0 Å². The zero-order valence-corrected chi connectivity index (χ0v) is 21.6. The first-order valence-electron chi connectivity index (χ1n) is 12.4. The number of nitrogens with zero attached hydrogens (tertiary/aromatic N) is 4. The maximum atomic E-state index is 12.9. The predicted octanol–water partition coefficient (Wildman–Crippen LogP) is 4.17. The van der Waals surface area contributed by atoms with E-state index in [0.717, 1.165) is 35.8 Å². The second-order valence-electron chi connectivity index (χ2n) is 8.94. The van der Waals surface area contributed by atoms with Crippen LogP contribution in [-0.2, 0) is 28.3 Å². The zero-order valence-electron chi connectivity index (χ0n) is 20.8. The Bertz CT molecular complexity index is 1290. The van der Waals surface area contributed by atoms with Crippen molar-refractivity contribution in [1.82, 2.24) is 13.9 Å². The summed E-state index contributed by atoms with van der Waals surface area (Å²) in [5.41, 5.74) is 3.38. The minimum Gasteiger partial charge on any atom is -0.370 e. The molecule has 4 rings (SSSR count). The molecule has 1 aromatic heterocycles. The van der Waals surface area contributed by atoms with Crippen LogP contribution >= 0.6 is 0 Å². The Morgan fingerprint density at radius 3 is 2.49 bits per heavy atom. The summed E-state index contributed by atoms with van der Waals surface area (Å²) < 4.78 is 29.2. The van der Waals surface area contributed by atoms with Gasteiger partial charge >= 0.3 is 0 Å². The number of aryl methyl sites for hydroxylation is 2. The number of piperidine rings is 1. The molecule has 8 nitrogen and oxygen atoms in total. The lowest BCUT2D eigenvalue weighted by atomic mass is 10.1. The lowest BCUT2D eigenvalue weighted by molar-refractivity contribution is -0.116. The van der Waals surface area contributed by atoms with Crippen molar-refractivity contribution in [2.75, 3.05) is 36.4 Å². The van der Waals surface area contributed by atoms with Crippen LogP contribution < -0.4 is 10.2 Å². The highest BCUT2D eigenvalue weighted by Crippen LogP contribution is 2.28. The smallest absolute Gasteiger partial charge is 0.243 e. The van der Waals surface area contributed by atoms with Crippen molar-refractivity contribution in [3.63, 3.8) is 0 Å². The number of para-hydroxylation sites is 2. The second kappa shape index (κ2) is 10.8. The second-order valence-corrected chi connectivity index (χ2v) is 10.9. The molecule has 2 aromatic carbocycles. The first-order chi connectivity index (χ1) is 16.8. The molecule has 1 N–H and O–H groups in total. The number of fused-ring (bicyclic) bond motifs is 1. The fourth-order valence-corrected chi connectivity index (χ4v) is 6.23. The lowest BCUT2D eigenvalue weighted by Crippen LogP contribution is -2.30. The van der Waals surface area contributed by atoms with Gasteiger partial charge in [-0.15, -0.1) is 0 Å². The van der Waals surface area contributed by atoms with E-state index < -0.39 is 10.0 Å². The van der Waals surface area contributed by atoms with Crippen molar-refractivity contribution >= 4 is 38.3 Å². The Morgan fingerprint density at radius 1 is 1.06 bits per heavy atom. The van der Waals surface area contributed by atoms with Crippen LogP contribution in [0.2, 0.25) is 0 Å². The molecule has 0 radical (unpaired) electrons. The van der Waals surface area contributed by atoms with Crippen LogP contribution in [0.3, 0.4) is 0 Å². The van der Waals surface area contributed by atoms with Gasteiger partial charge in [-0.05, 0) is 49.6 Å². The van der Waals surface area contributed by atoms with E-state index in [-0.39, 0.29) is 17.2 Å². The minimum atomic E-state index is -3.55. The number of sulfonamides is 1. The summed E-state index contributed by atoms with van der Waals surface area (Å²) in [5.74, 6) is 0.683. The van der Waals surface area contributed by atoms with Crippen LogP contribution in [0.5, 0.6) is 0 Å². The third kappa shape index (κ3) is 5.36. The van der Waals surface area contributed by atoms with Crippen LogP contribution in [0.15, 0.2) is 47.4 Å². The van der Waals surface area contributed by atoms with Gasteiger partial charge in [0, 0.05) is 46.1 Å². The highest BCUT2D eigenvalue weighted by Gasteiger charge is 2.23. The molecule has 0 aliphatic carbocycles. The Morgan fingerprint density at radius 2 is 1.77 bits per heavy atom. The third-order valence-electron chi connectivity index (χ3n) is 6.74. The SMILES string of the molecule is CCN(CC)S(=O)(=O)c1ccc2c(c1)nc(CCC(=O)Nc1ccccc1N1CCCCC1)n2C. The molecule has 1 amide bonds. The van der Waals surface area contributed by atoms with Gasteiger partial charge in [-0.25, -0.2) is 13.4 Å². The number of carbonyl (C=O) groups is 1. The third-order valence-corrected chi connectivity index (χ3v) is 8.78.